The highest BCUT2D eigenvalue weighted by molar-refractivity contribution is 7.70. The molecule has 0 saturated heterocycles. The SMILES string of the molecule is COc1cc2c(cc1Nc1ncc(Cl)c(N[C@@H]3CCCC[C@@H]3CN[SH](=O)=O)n1)CCN(CCO)CC2. The number of rotatable bonds is 10. The number of aromatic nitrogens is 2. The number of thiol groups is 1. The highest BCUT2D eigenvalue weighted by Crippen LogP contribution is 2.34. The molecule has 2 heterocycles. The molecule has 2 aromatic rings. The van der Waals surface area contributed by atoms with E-state index in [1.165, 1.54) is 11.1 Å². The molecular weight excluding hydrogens is 504 g/mol. The molecule has 1 aromatic carbocycles. The van der Waals surface area contributed by atoms with Gasteiger partial charge in [-0.1, -0.05) is 24.4 Å². The van der Waals surface area contributed by atoms with E-state index in [1.807, 2.05) is 0 Å². The van der Waals surface area contributed by atoms with Crippen molar-refractivity contribution < 1.29 is 18.3 Å². The van der Waals surface area contributed by atoms with Gasteiger partial charge in [-0.05, 0) is 54.9 Å². The Kier molecular flexibility index (Phi) is 9.60. The summed E-state index contributed by atoms with van der Waals surface area (Å²) in [5, 5.41) is 16.4. The van der Waals surface area contributed by atoms with Gasteiger partial charge in [0.15, 0.2) is 5.82 Å². The number of anilines is 3. The van der Waals surface area contributed by atoms with Crippen molar-refractivity contribution in [2.75, 3.05) is 50.5 Å². The van der Waals surface area contributed by atoms with Crippen molar-refractivity contribution in [2.45, 2.75) is 44.6 Å². The fourth-order valence-electron chi connectivity index (χ4n) is 5.09. The molecule has 1 fully saturated rings. The van der Waals surface area contributed by atoms with Crippen LogP contribution in [0.15, 0.2) is 18.3 Å². The van der Waals surface area contributed by atoms with Crippen molar-refractivity contribution in [1.29, 1.82) is 0 Å². The molecule has 12 heteroatoms. The van der Waals surface area contributed by atoms with Crippen LogP contribution in [-0.2, 0) is 23.7 Å². The molecule has 0 bridgehead atoms. The number of halogens is 1. The third-order valence-electron chi connectivity index (χ3n) is 7.04. The smallest absolute Gasteiger partial charge is 0.229 e. The van der Waals surface area contributed by atoms with Crippen LogP contribution in [0.3, 0.4) is 0 Å². The van der Waals surface area contributed by atoms with E-state index in [0.29, 0.717) is 35.6 Å². The van der Waals surface area contributed by atoms with Crippen LogP contribution in [0.4, 0.5) is 17.5 Å². The number of aliphatic hydroxyl groups excluding tert-OH is 1. The first-order valence-corrected chi connectivity index (χ1v) is 14.0. The van der Waals surface area contributed by atoms with E-state index in [1.54, 1.807) is 13.3 Å². The minimum Gasteiger partial charge on any atom is -0.495 e. The van der Waals surface area contributed by atoms with Gasteiger partial charge in [0, 0.05) is 32.2 Å². The molecule has 1 aliphatic carbocycles. The molecule has 1 aliphatic heterocycles. The van der Waals surface area contributed by atoms with Crippen LogP contribution in [-0.4, -0.2) is 74.3 Å². The predicted molar refractivity (Wildman–Crippen MR) is 142 cm³/mol. The molecule has 2 aliphatic rings. The van der Waals surface area contributed by atoms with E-state index in [4.69, 9.17) is 16.3 Å². The quantitative estimate of drug-likeness (QED) is 0.289. The number of benzene rings is 1. The molecule has 36 heavy (non-hydrogen) atoms. The normalized spacial score (nSPS) is 20.6. The van der Waals surface area contributed by atoms with E-state index in [9.17, 15) is 13.5 Å². The monoisotopic (exact) mass is 538 g/mol. The van der Waals surface area contributed by atoms with Crippen LogP contribution < -0.4 is 20.1 Å². The van der Waals surface area contributed by atoms with Gasteiger partial charge in [-0.15, -0.1) is 0 Å². The number of aliphatic hydroxyl groups is 1. The van der Waals surface area contributed by atoms with Crippen LogP contribution in [0.5, 0.6) is 5.75 Å². The maximum Gasteiger partial charge on any atom is 0.229 e. The zero-order valence-corrected chi connectivity index (χ0v) is 22.2. The summed E-state index contributed by atoms with van der Waals surface area (Å²) >= 11 is 6.43. The van der Waals surface area contributed by atoms with E-state index in [0.717, 1.165) is 57.3 Å². The highest BCUT2D eigenvalue weighted by Gasteiger charge is 2.26. The summed E-state index contributed by atoms with van der Waals surface area (Å²) in [4.78, 5) is 11.3. The van der Waals surface area contributed by atoms with Crippen LogP contribution in [0.1, 0.15) is 36.8 Å². The Hall–Kier alpha value is -2.18. The fraction of sp³-hybridized carbons (Fsp3) is 0.583. The number of methoxy groups -OCH3 is 1. The summed E-state index contributed by atoms with van der Waals surface area (Å²) in [6, 6.07) is 4.22. The maximum atomic E-state index is 11.0. The number of hydrogen-bond donors (Lipinski definition) is 5. The Labute approximate surface area is 218 Å². The number of ether oxygens (including phenoxy) is 1. The van der Waals surface area contributed by atoms with Gasteiger partial charge in [0.2, 0.25) is 16.8 Å². The molecule has 0 spiro atoms. The van der Waals surface area contributed by atoms with Crippen molar-refractivity contribution in [3.05, 3.63) is 34.5 Å². The zero-order valence-electron chi connectivity index (χ0n) is 20.5. The number of nitrogens with zero attached hydrogens (tertiary/aromatic N) is 3. The van der Waals surface area contributed by atoms with Gasteiger partial charge >= 0.3 is 0 Å². The van der Waals surface area contributed by atoms with Gasteiger partial charge in [-0.2, -0.15) is 4.98 Å². The van der Waals surface area contributed by atoms with Crippen LogP contribution in [0.25, 0.3) is 0 Å². The lowest BCUT2D eigenvalue weighted by Crippen LogP contribution is -2.38. The Balaban J connectivity index is 1.51. The summed E-state index contributed by atoms with van der Waals surface area (Å²) in [6.45, 7) is 3.03. The number of nitrogens with one attached hydrogen (secondary N) is 3. The fourth-order valence-corrected chi connectivity index (χ4v) is 5.62. The lowest BCUT2D eigenvalue weighted by atomic mass is 9.84. The third-order valence-corrected chi connectivity index (χ3v) is 7.75. The Morgan fingerprint density at radius 3 is 2.67 bits per heavy atom. The molecular formula is C24H35ClN6O4S. The van der Waals surface area contributed by atoms with Crippen molar-refractivity contribution in [1.82, 2.24) is 19.6 Å². The Morgan fingerprint density at radius 1 is 1.19 bits per heavy atom. The molecule has 4 rings (SSSR count). The lowest BCUT2D eigenvalue weighted by Gasteiger charge is -2.32. The molecule has 4 N–H and O–H groups in total. The Bertz CT molecular complexity index is 1110. The maximum absolute atomic E-state index is 11.0. The first-order chi connectivity index (χ1) is 17.5. The Morgan fingerprint density at radius 2 is 1.94 bits per heavy atom. The standard InChI is InChI=1S/C24H35ClN6O4S/c1-35-22-13-17-7-9-31(10-11-32)8-6-16(17)12-21(22)29-24-26-15-19(25)23(30-24)28-20-5-3-2-4-18(20)14-27-36(33)34/h12-13,15,18,20,32,36H,2-11,14H2,1H3,(H,27,33,34)(H2,26,28,29,30)/t18-,20-/m1/s1. The number of hydrogen-bond acceptors (Lipinski definition) is 9. The van der Waals surface area contributed by atoms with E-state index >= 15 is 0 Å². The van der Waals surface area contributed by atoms with Gasteiger partial charge in [0.25, 0.3) is 0 Å². The molecule has 198 valence electrons. The minimum absolute atomic E-state index is 0.0605. The van der Waals surface area contributed by atoms with E-state index in [-0.39, 0.29) is 18.6 Å². The first kappa shape index (κ1) is 26.9. The summed E-state index contributed by atoms with van der Waals surface area (Å²) in [5.41, 5.74) is 3.26. The van der Waals surface area contributed by atoms with Crippen molar-refractivity contribution >= 4 is 39.9 Å². The largest absolute Gasteiger partial charge is 0.495 e. The van der Waals surface area contributed by atoms with Gasteiger partial charge in [0.05, 0.1) is 25.6 Å². The molecule has 10 nitrogen and oxygen atoms in total. The second kappa shape index (κ2) is 12.9. The zero-order chi connectivity index (χ0) is 25.5. The second-order valence-corrected chi connectivity index (χ2v) is 10.6. The molecule has 1 saturated carbocycles. The van der Waals surface area contributed by atoms with Gasteiger partial charge < -0.3 is 25.4 Å². The molecule has 2 atom stereocenters. The summed E-state index contributed by atoms with van der Waals surface area (Å²) in [5.74, 6) is 1.78. The summed E-state index contributed by atoms with van der Waals surface area (Å²) in [6.07, 6.45) is 7.32. The van der Waals surface area contributed by atoms with Crippen molar-refractivity contribution in [3.63, 3.8) is 0 Å². The molecule has 1 aromatic heterocycles. The van der Waals surface area contributed by atoms with Gasteiger partial charge in [-0.25, -0.2) is 18.1 Å². The van der Waals surface area contributed by atoms with E-state index < -0.39 is 10.9 Å². The molecule has 0 amide bonds. The third kappa shape index (κ3) is 6.98. The summed E-state index contributed by atoms with van der Waals surface area (Å²) in [7, 11) is -0.981. The van der Waals surface area contributed by atoms with Gasteiger partial charge in [0.1, 0.15) is 10.8 Å². The molecule has 0 radical (unpaired) electrons. The lowest BCUT2D eigenvalue weighted by molar-refractivity contribution is 0.201. The first-order valence-electron chi connectivity index (χ1n) is 12.4. The average Bonchev–Trinajstić information content (AvgIpc) is 3.07. The van der Waals surface area contributed by atoms with Gasteiger partial charge in [-0.3, -0.25) is 0 Å². The topological polar surface area (TPSA) is 129 Å². The van der Waals surface area contributed by atoms with E-state index in [2.05, 4.69) is 42.4 Å². The summed E-state index contributed by atoms with van der Waals surface area (Å²) < 4.78 is 30.2. The van der Waals surface area contributed by atoms with Crippen LogP contribution in [0.2, 0.25) is 5.02 Å². The second-order valence-electron chi connectivity index (χ2n) is 9.32. The minimum atomic E-state index is -2.62. The predicted octanol–water partition coefficient (Wildman–Crippen LogP) is 2.36. The molecule has 0 unspecified atom stereocenters. The van der Waals surface area contributed by atoms with Crippen LogP contribution >= 0.6 is 11.6 Å². The van der Waals surface area contributed by atoms with Crippen molar-refractivity contribution in [3.8, 4) is 5.75 Å². The van der Waals surface area contributed by atoms with Crippen molar-refractivity contribution in [2.24, 2.45) is 5.92 Å². The number of β-amino-alcohol motifs (C(OH)–C–C–N with tert-alkyl or cyclic N) is 1. The highest BCUT2D eigenvalue weighted by atomic mass is 35.5. The number of fused-ring (bicyclic) bond motifs is 1. The average molecular weight is 539 g/mol. The van der Waals surface area contributed by atoms with Crippen LogP contribution in [0, 0.1) is 5.92 Å².